The van der Waals surface area contributed by atoms with Gasteiger partial charge in [0, 0.05) is 31.1 Å². The number of nitrogens with zero attached hydrogens (tertiary/aromatic N) is 3. The molecule has 0 spiro atoms. The SMILES string of the molecule is CC(C)(C)OC(=O)N1CCN(c2ccc(NC(=O)C(C)(C)c3cccs3)nc2)CC1. The topological polar surface area (TPSA) is 74.8 Å². The molecule has 0 radical (unpaired) electrons. The van der Waals surface area contributed by atoms with Gasteiger partial charge in [0.1, 0.15) is 11.4 Å². The van der Waals surface area contributed by atoms with Crippen molar-refractivity contribution in [3.8, 4) is 0 Å². The van der Waals surface area contributed by atoms with E-state index in [0.717, 1.165) is 10.6 Å². The lowest BCUT2D eigenvalue weighted by atomic mass is 9.90. The van der Waals surface area contributed by atoms with Gasteiger partial charge in [0.2, 0.25) is 5.91 Å². The fourth-order valence-electron chi connectivity index (χ4n) is 3.14. The summed E-state index contributed by atoms with van der Waals surface area (Å²) < 4.78 is 5.44. The molecule has 0 saturated carbocycles. The maximum Gasteiger partial charge on any atom is 0.410 e. The Morgan fingerprint density at radius 3 is 2.30 bits per heavy atom. The first-order valence-electron chi connectivity index (χ1n) is 10.1. The molecule has 1 fully saturated rings. The fraction of sp³-hybridized carbons (Fsp3) is 0.500. The van der Waals surface area contributed by atoms with Gasteiger partial charge in [-0.1, -0.05) is 6.07 Å². The second-order valence-electron chi connectivity index (χ2n) is 8.91. The number of carbonyl (C=O) groups is 2. The highest BCUT2D eigenvalue weighted by atomic mass is 32.1. The molecule has 0 aromatic carbocycles. The van der Waals surface area contributed by atoms with Crippen LogP contribution in [0, 0.1) is 0 Å². The Kier molecular flexibility index (Phi) is 6.36. The van der Waals surface area contributed by atoms with E-state index in [4.69, 9.17) is 4.74 Å². The summed E-state index contributed by atoms with van der Waals surface area (Å²) in [6, 6.07) is 7.68. The fourth-order valence-corrected chi connectivity index (χ4v) is 3.99. The Balaban J connectivity index is 1.55. The van der Waals surface area contributed by atoms with Crippen LogP contribution in [0.1, 0.15) is 39.5 Å². The number of amides is 2. The Morgan fingerprint density at radius 1 is 1.07 bits per heavy atom. The van der Waals surface area contributed by atoms with E-state index >= 15 is 0 Å². The van der Waals surface area contributed by atoms with Crippen LogP contribution in [0.15, 0.2) is 35.8 Å². The van der Waals surface area contributed by atoms with Gasteiger partial charge in [-0.2, -0.15) is 0 Å². The molecule has 30 heavy (non-hydrogen) atoms. The van der Waals surface area contributed by atoms with Crippen molar-refractivity contribution in [2.75, 3.05) is 36.4 Å². The largest absolute Gasteiger partial charge is 0.444 e. The van der Waals surface area contributed by atoms with Crippen LogP contribution in [0.3, 0.4) is 0 Å². The first kappa shape index (κ1) is 22.1. The van der Waals surface area contributed by atoms with Gasteiger partial charge in [-0.25, -0.2) is 9.78 Å². The van der Waals surface area contributed by atoms with Crippen LogP contribution in [0.2, 0.25) is 0 Å². The summed E-state index contributed by atoms with van der Waals surface area (Å²) in [7, 11) is 0. The predicted octanol–water partition coefficient (Wildman–Crippen LogP) is 4.12. The molecule has 1 saturated heterocycles. The first-order chi connectivity index (χ1) is 14.1. The van der Waals surface area contributed by atoms with Gasteiger partial charge in [0.25, 0.3) is 0 Å². The van der Waals surface area contributed by atoms with E-state index in [1.165, 1.54) is 0 Å². The van der Waals surface area contributed by atoms with Crippen molar-refractivity contribution in [2.45, 2.75) is 45.6 Å². The van der Waals surface area contributed by atoms with E-state index < -0.39 is 11.0 Å². The Bertz CT molecular complexity index is 865. The average Bonchev–Trinajstić information content (AvgIpc) is 3.23. The molecule has 3 rings (SSSR count). The minimum Gasteiger partial charge on any atom is -0.444 e. The van der Waals surface area contributed by atoms with Crippen LogP contribution < -0.4 is 10.2 Å². The predicted molar refractivity (Wildman–Crippen MR) is 120 cm³/mol. The third kappa shape index (κ3) is 5.30. The van der Waals surface area contributed by atoms with Crippen LogP contribution in [-0.4, -0.2) is 53.7 Å². The van der Waals surface area contributed by atoms with Gasteiger partial charge < -0.3 is 19.9 Å². The number of hydrogen-bond acceptors (Lipinski definition) is 6. The number of carbonyl (C=O) groups excluding carboxylic acids is 2. The summed E-state index contributed by atoms with van der Waals surface area (Å²) >= 11 is 1.57. The molecule has 8 heteroatoms. The molecule has 2 aromatic rings. The summed E-state index contributed by atoms with van der Waals surface area (Å²) in [5.74, 6) is 0.442. The molecule has 1 N–H and O–H groups in total. The van der Waals surface area contributed by atoms with Crippen molar-refractivity contribution < 1.29 is 14.3 Å². The number of piperazine rings is 1. The number of ether oxygens (including phenoxy) is 1. The van der Waals surface area contributed by atoms with Crippen molar-refractivity contribution in [1.29, 1.82) is 0 Å². The number of thiophene rings is 1. The van der Waals surface area contributed by atoms with E-state index in [2.05, 4.69) is 15.2 Å². The quantitative estimate of drug-likeness (QED) is 0.790. The highest BCUT2D eigenvalue weighted by molar-refractivity contribution is 7.10. The lowest BCUT2D eigenvalue weighted by Gasteiger charge is -2.36. The van der Waals surface area contributed by atoms with Crippen molar-refractivity contribution in [1.82, 2.24) is 9.88 Å². The number of aromatic nitrogens is 1. The van der Waals surface area contributed by atoms with Gasteiger partial charge >= 0.3 is 6.09 Å². The third-order valence-electron chi connectivity index (χ3n) is 4.99. The van der Waals surface area contributed by atoms with Crippen molar-refractivity contribution in [3.05, 3.63) is 40.7 Å². The number of nitrogens with one attached hydrogen (secondary N) is 1. The highest BCUT2D eigenvalue weighted by Crippen LogP contribution is 2.29. The zero-order valence-electron chi connectivity index (χ0n) is 18.3. The first-order valence-corrected chi connectivity index (χ1v) is 11.0. The smallest absolute Gasteiger partial charge is 0.410 e. The molecule has 162 valence electrons. The zero-order valence-corrected chi connectivity index (χ0v) is 19.1. The lowest BCUT2D eigenvalue weighted by Crippen LogP contribution is -2.50. The van der Waals surface area contributed by atoms with Gasteiger partial charge in [-0.3, -0.25) is 4.79 Å². The van der Waals surface area contributed by atoms with E-state index in [1.807, 2.05) is 64.3 Å². The van der Waals surface area contributed by atoms with Crippen LogP contribution in [-0.2, 0) is 14.9 Å². The number of pyridine rings is 1. The number of hydrogen-bond donors (Lipinski definition) is 1. The summed E-state index contributed by atoms with van der Waals surface area (Å²) in [6.07, 6.45) is 1.49. The molecule has 3 heterocycles. The van der Waals surface area contributed by atoms with Gasteiger partial charge in [-0.05, 0) is 58.2 Å². The van der Waals surface area contributed by atoms with E-state index in [9.17, 15) is 9.59 Å². The molecular weight excluding hydrogens is 400 g/mol. The van der Waals surface area contributed by atoms with E-state index in [0.29, 0.717) is 32.0 Å². The van der Waals surface area contributed by atoms with E-state index in [1.54, 1.807) is 22.4 Å². The average molecular weight is 431 g/mol. The molecule has 0 bridgehead atoms. The summed E-state index contributed by atoms with van der Waals surface area (Å²) in [4.78, 5) is 34.3. The molecule has 2 aromatic heterocycles. The van der Waals surface area contributed by atoms with Crippen LogP contribution in [0.25, 0.3) is 0 Å². The van der Waals surface area contributed by atoms with Crippen molar-refractivity contribution in [2.24, 2.45) is 0 Å². The maximum absolute atomic E-state index is 12.7. The minimum absolute atomic E-state index is 0.0869. The Morgan fingerprint density at radius 2 is 1.77 bits per heavy atom. The molecule has 0 aliphatic carbocycles. The molecule has 1 aliphatic rings. The summed E-state index contributed by atoms with van der Waals surface area (Å²) in [5, 5.41) is 4.89. The normalized spacial score (nSPS) is 15.1. The summed E-state index contributed by atoms with van der Waals surface area (Å²) in [5.41, 5.74) is -0.141. The van der Waals surface area contributed by atoms with Crippen LogP contribution >= 0.6 is 11.3 Å². The highest BCUT2D eigenvalue weighted by Gasteiger charge is 2.31. The van der Waals surface area contributed by atoms with Gasteiger partial charge in [0.05, 0.1) is 17.3 Å². The van der Waals surface area contributed by atoms with Crippen LogP contribution in [0.4, 0.5) is 16.3 Å². The maximum atomic E-state index is 12.7. The lowest BCUT2D eigenvalue weighted by molar-refractivity contribution is -0.120. The van der Waals surface area contributed by atoms with Crippen molar-refractivity contribution >= 4 is 34.8 Å². The molecule has 7 nitrogen and oxygen atoms in total. The van der Waals surface area contributed by atoms with Gasteiger partial charge in [0.15, 0.2) is 0 Å². The van der Waals surface area contributed by atoms with Crippen molar-refractivity contribution in [3.63, 3.8) is 0 Å². The molecule has 0 atom stereocenters. The third-order valence-corrected chi connectivity index (χ3v) is 6.18. The second-order valence-corrected chi connectivity index (χ2v) is 9.86. The molecular formula is C22H30N4O3S. The number of anilines is 2. The molecule has 1 aliphatic heterocycles. The Hall–Kier alpha value is -2.61. The van der Waals surface area contributed by atoms with Crippen LogP contribution in [0.5, 0.6) is 0 Å². The van der Waals surface area contributed by atoms with E-state index in [-0.39, 0.29) is 12.0 Å². The Labute approximate surface area is 182 Å². The zero-order chi connectivity index (χ0) is 21.9. The molecule has 0 unspecified atom stereocenters. The monoisotopic (exact) mass is 430 g/mol. The standard InChI is InChI=1S/C22H30N4O3S/c1-21(2,3)29-20(28)26-12-10-25(11-13-26)16-8-9-18(23-15-16)24-19(27)22(4,5)17-7-6-14-30-17/h6-9,14-15H,10-13H2,1-5H3,(H,23,24,27). The minimum atomic E-state index is -0.619. The second kappa shape index (κ2) is 8.63. The van der Waals surface area contributed by atoms with Gasteiger partial charge in [-0.15, -0.1) is 11.3 Å². The molecule has 2 amide bonds. The number of rotatable bonds is 4. The summed E-state index contributed by atoms with van der Waals surface area (Å²) in [6.45, 7) is 12.0.